The Bertz CT molecular complexity index is 309. The maximum atomic E-state index is 8.84. The van der Waals surface area contributed by atoms with Gasteiger partial charge in [-0.3, -0.25) is 4.68 Å². The average Bonchev–Trinajstić information content (AvgIpc) is 2.33. The standard InChI is InChI=1S/C9H13N3/c1-7-5-12(11-8(7)2)9(3,4)6-10/h5H,1-4H3. The van der Waals surface area contributed by atoms with Crippen molar-refractivity contribution in [2.75, 3.05) is 0 Å². The van der Waals surface area contributed by atoms with E-state index >= 15 is 0 Å². The summed E-state index contributed by atoms with van der Waals surface area (Å²) in [6.07, 6.45) is 1.90. The van der Waals surface area contributed by atoms with Gasteiger partial charge >= 0.3 is 0 Å². The van der Waals surface area contributed by atoms with Gasteiger partial charge in [-0.05, 0) is 33.3 Å². The Morgan fingerprint density at radius 2 is 2.08 bits per heavy atom. The van der Waals surface area contributed by atoms with Crippen LogP contribution in [0.25, 0.3) is 0 Å². The van der Waals surface area contributed by atoms with Gasteiger partial charge in [0.25, 0.3) is 0 Å². The quantitative estimate of drug-likeness (QED) is 0.633. The van der Waals surface area contributed by atoms with Gasteiger partial charge in [-0.1, -0.05) is 0 Å². The Kier molecular flexibility index (Phi) is 1.93. The van der Waals surface area contributed by atoms with Crippen molar-refractivity contribution in [3.05, 3.63) is 17.5 Å². The van der Waals surface area contributed by atoms with Gasteiger partial charge in [0.05, 0.1) is 11.8 Å². The van der Waals surface area contributed by atoms with Crippen LogP contribution in [0.15, 0.2) is 6.20 Å². The lowest BCUT2D eigenvalue weighted by atomic mass is 10.1. The number of nitrogens with zero attached hydrogens (tertiary/aromatic N) is 3. The van der Waals surface area contributed by atoms with Crippen LogP contribution in [0.1, 0.15) is 25.1 Å². The van der Waals surface area contributed by atoms with Crippen molar-refractivity contribution in [3.8, 4) is 6.07 Å². The number of aryl methyl sites for hydroxylation is 2. The van der Waals surface area contributed by atoms with E-state index in [1.54, 1.807) is 4.68 Å². The van der Waals surface area contributed by atoms with Crippen molar-refractivity contribution in [2.24, 2.45) is 0 Å². The number of hydrogen-bond acceptors (Lipinski definition) is 2. The second-order valence-electron chi connectivity index (χ2n) is 3.51. The van der Waals surface area contributed by atoms with Gasteiger partial charge in [-0.15, -0.1) is 0 Å². The molecule has 0 unspecified atom stereocenters. The highest BCUT2D eigenvalue weighted by atomic mass is 15.3. The number of hydrogen-bond donors (Lipinski definition) is 0. The largest absolute Gasteiger partial charge is 0.252 e. The second kappa shape index (κ2) is 2.63. The summed E-state index contributed by atoms with van der Waals surface area (Å²) in [6, 6.07) is 2.20. The van der Waals surface area contributed by atoms with Crippen LogP contribution in [-0.2, 0) is 5.54 Å². The third-order valence-electron chi connectivity index (χ3n) is 1.99. The van der Waals surface area contributed by atoms with E-state index < -0.39 is 5.54 Å². The Morgan fingerprint density at radius 3 is 2.42 bits per heavy atom. The van der Waals surface area contributed by atoms with E-state index in [-0.39, 0.29) is 0 Å². The molecule has 1 rings (SSSR count). The normalized spacial score (nSPS) is 11.2. The first-order valence-corrected chi connectivity index (χ1v) is 3.92. The molecule has 0 saturated heterocycles. The predicted octanol–water partition coefficient (Wildman–Crippen LogP) is 1.76. The molecule has 3 heteroatoms. The molecule has 1 heterocycles. The molecule has 0 radical (unpaired) electrons. The number of rotatable bonds is 1. The summed E-state index contributed by atoms with van der Waals surface area (Å²) in [5.41, 5.74) is 1.57. The fourth-order valence-electron chi connectivity index (χ4n) is 0.884. The topological polar surface area (TPSA) is 41.6 Å². The molecular weight excluding hydrogens is 150 g/mol. The highest BCUT2D eigenvalue weighted by Crippen LogP contribution is 2.14. The Balaban J connectivity index is 3.14. The van der Waals surface area contributed by atoms with Crippen LogP contribution in [0.5, 0.6) is 0 Å². The Morgan fingerprint density at radius 1 is 1.50 bits per heavy atom. The maximum absolute atomic E-state index is 8.84. The third kappa shape index (κ3) is 1.33. The predicted molar refractivity (Wildman–Crippen MR) is 46.6 cm³/mol. The molecule has 0 atom stereocenters. The van der Waals surface area contributed by atoms with Gasteiger partial charge in [-0.25, -0.2) is 0 Å². The maximum Gasteiger partial charge on any atom is 0.143 e. The Labute approximate surface area is 72.6 Å². The zero-order valence-electron chi connectivity index (χ0n) is 7.92. The van der Waals surface area contributed by atoms with E-state index in [0.717, 1.165) is 11.3 Å². The van der Waals surface area contributed by atoms with Crippen molar-refractivity contribution in [1.82, 2.24) is 9.78 Å². The highest BCUT2D eigenvalue weighted by molar-refractivity contribution is 5.15. The van der Waals surface area contributed by atoms with Gasteiger partial charge in [-0.2, -0.15) is 10.4 Å². The molecule has 0 saturated carbocycles. The number of aromatic nitrogens is 2. The lowest BCUT2D eigenvalue weighted by Gasteiger charge is -2.15. The third-order valence-corrected chi connectivity index (χ3v) is 1.99. The van der Waals surface area contributed by atoms with Crippen LogP contribution < -0.4 is 0 Å². The molecular formula is C9H13N3. The second-order valence-corrected chi connectivity index (χ2v) is 3.51. The zero-order valence-corrected chi connectivity index (χ0v) is 7.92. The SMILES string of the molecule is Cc1cn(C(C)(C)C#N)nc1C. The molecule has 1 aromatic heterocycles. The van der Waals surface area contributed by atoms with Crippen LogP contribution in [0.2, 0.25) is 0 Å². The van der Waals surface area contributed by atoms with Crippen molar-refractivity contribution < 1.29 is 0 Å². The summed E-state index contributed by atoms with van der Waals surface area (Å²) in [5.74, 6) is 0. The van der Waals surface area contributed by atoms with E-state index in [1.807, 2.05) is 33.9 Å². The summed E-state index contributed by atoms with van der Waals surface area (Å²) in [5, 5.41) is 13.1. The van der Waals surface area contributed by atoms with E-state index in [2.05, 4.69) is 11.2 Å². The van der Waals surface area contributed by atoms with Crippen molar-refractivity contribution >= 4 is 0 Å². The van der Waals surface area contributed by atoms with E-state index in [1.165, 1.54) is 0 Å². The molecule has 0 spiro atoms. The summed E-state index contributed by atoms with van der Waals surface area (Å²) >= 11 is 0. The number of nitriles is 1. The molecule has 0 aliphatic carbocycles. The van der Waals surface area contributed by atoms with Gasteiger partial charge in [0.2, 0.25) is 0 Å². The fourth-order valence-corrected chi connectivity index (χ4v) is 0.884. The van der Waals surface area contributed by atoms with Crippen LogP contribution in [-0.4, -0.2) is 9.78 Å². The zero-order chi connectivity index (χ0) is 9.35. The monoisotopic (exact) mass is 163 g/mol. The summed E-state index contributed by atoms with van der Waals surface area (Å²) in [4.78, 5) is 0. The molecule has 0 N–H and O–H groups in total. The lowest BCUT2D eigenvalue weighted by Crippen LogP contribution is -2.24. The molecule has 3 nitrogen and oxygen atoms in total. The van der Waals surface area contributed by atoms with Gasteiger partial charge in [0.1, 0.15) is 5.54 Å². The first kappa shape index (κ1) is 8.79. The summed E-state index contributed by atoms with van der Waals surface area (Å²) in [7, 11) is 0. The molecule has 1 aromatic rings. The van der Waals surface area contributed by atoms with E-state index in [4.69, 9.17) is 5.26 Å². The van der Waals surface area contributed by atoms with Gasteiger partial charge in [0.15, 0.2) is 0 Å². The molecule has 0 bridgehead atoms. The van der Waals surface area contributed by atoms with Crippen molar-refractivity contribution in [2.45, 2.75) is 33.2 Å². The fraction of sp³-hybridized carbons (Fsp3) is 0.556. The first-order chi connectivity index (χ1) is 5.47. The van der Waals surface area contributed by atoms with E-state index in [0.29, 0.717) is 0 Å². The average molecular weight is 163 g/mol. The molecule has 0 amide bonds. The molecule has 12 heavy (non-hydrogen) atoms. The highest BCUT2D eigenvalue weighted by Gasteiger charge is 2.20. The minimum Gasteiger partial charge on any atom is -0.252 e. The smallest absolute Gasteiger partial charge is 0.143 e. The Hall–Kier alpha value is -1.30. The first-order valence-electron chi connectivity index (χ1n) is 3.92. The minimum absolute atomic E-state index is 0.543. The molecule has 0 aliphatic heterocycles. The molecule has 0 aliphatic rings. The molecule has 0 fully saturated rings. The van der Waals surface area contributed by atoms with Crippen LogP contribution in [0.4, 0.5) is 0 Å². The van der Waals surface area contributed by atoms with Gasteiger partial charge < -0.3 is 0 Å². The van der Waals surface area contributed by atoms with E-state index in [9.17, 15) is 0 Å². The summed E-state index contributed by atoms with van der Waals surface area (Å²) in [6.45, 7) is 7.63. The minimum atomic E-state index is -0.543. The molecule has 64 valence electrons. The summed E-state index contributed by atoms with van der Waals surface area (Å²) < 4.78 is 1.71. The molecule has 0 aromatic carbocycles. The van der Waals surface area contributed by atoms with Crippen molar-refractivity contribution in [1.29, 1.82) is 5.26 Å². The van der Waals surface area contributed by atoms with Crippen LogP contribution in [0, 0.1) is 25.2 Å². The van der Waals surface area contributed by atoms with Crippen molar-refractivity contribution in [3.63, 3.8) is 0 Å². The lowest BCUT2D eigenvalue weighted by molar-refractivity contribution is 0.416. The van der Waals surface area contributed by atoms with Crippen LogP contribution >= 0.6 is 0 Å². The van der Waals surface area contributed by atoms with Gasteiger partial charge in [0, 0.05) is 6.20 Å². The van der Waals surface area contributed by atoms with Crippen LogP contribution in [0.3, 0.4) is 0 Å².